The fraction of sp³-hybridized carbons (Fsp3) is 0.909. The van der Waals surface area contributed by atoms with E-state index in [1.54, 1.807) is 0 Å². The Hall–Kier alpha value is -0.610. The van der Waals surface area contributed by atoms with Gasteiger partial charge in [-0.1, -0.05) is 0 Å². The van der Waals surface area contributed by atoms with Crippen molar-refractivity contribution in [2.24, 2.45) is 5.92 Å². The third-order valence-corrected chi connectivity index (χ3v) is 2.92. The first-order valence-corrected chi connectivity index (χ1v) is 5.83. The van der Waals surface area contributed by atoms with Gasteiger partial charge in [-0.2, -0.15) is 0 Å². The van der Waals surface area contributed by atoms with Gasteiger partial charge in [-0.25, -0.2) is 0 Å². The van der Waals surface area contributed by atoms with E-state index in [9.17, 15) is 4.79 Å². The molecule has 0 aromatic carbocycles. The van der Waals surface area contributed by atoms with Gasteiger partial charge in [0.1, 0.15) is 0 Å². The lowest BCUT2D eigenvalue weighted by molar-refractivity contribution is -0.122. The maximum Gasteiger partial charge on any atom is 0.220 e. The van der Waals surface area contributed by atoms with Gasteiger partial charge in [0.05, 0.1) is 6.61 Å². The van der Waals surface area contributed by atoms with Crippen molar-refractivity contribution in [2.75, 3.05) is 19.7 Å². The minimum Gasteiger partial charge on any atom is -0.394 e. The summed E-state index contributed by atoms with van der Waals surface area (Å²) in [4.78, 5) is 11.4. The van der Waals surface area contributed by atoms with Crippen LogP contribution < -0.4 is 10.6 Å². The number of nitrogens with one attached hydrogen (secondary N) is 2. The zero-order valence-electron chi connectivity index (χ0n) is 9.46. The van der Waals surface area contributed by atoms with Crippen molar-refractivity contribution in [1.29, 1.82) is 0 Å². The first kappa shape index (κ1) is 12.5. The summed E-state index contributed by atoms with van der Waals surface area (Å²) in [5, 5.41) is 14.9. The van der Waals surface area contributed by atoms with Crippen molar-refractivity contribution in [2.45, 2.75) is 38.6 Å². The van der Waals surface area contributed by atoms with Gasteiger partial charge < -0.3 is 15.7 Å². The van der Waals surface area contributed by atoms with Crippen LogP contribution in [0.15, 0.2) is 0 Å². The predicted octanol–water partition coefficient (Wildman–Crippen LogP) is 0.263. The molecule has 1 rings (SSSR count). The SMILES string of the molecule is C[C@@H](CO)NC(=O)CCC1CCNCC1. The summed E-state index contributed by atoms with van der Waals surface area (Å²) in [6.45, 7) is 3.99. The van der Waals surface area contributed by atoms with Gasteiger partial charge in [-0.05, 0) is 45.2 Å². The van der Waals surface area contributed by atoms with Gasteiger partial charge in [-0.3, -0.25) is 4.79 Å². The summed E-state index contributed by atoms with van der Waals surface area (Å²) in [5.74, 6) is 0.761. The second-order valence-electron chi connectivity index (χ2n) is 4.38. The zero-order valence-corrected chi connectivity index (χ0v) is 9.46. The van der Waals surface area contributed by atoms with E-state index in [2.05, 4.69) is 10.6 Å². The predicted molar refractivity (Wildman–Crippen MR) is 59.5 cm³/mol. The molecule has 3 N–H and O–H groups in total. The molecule has 0 aromatic rings. The summed E-state index contributed by atoms with van der Waals surface area (Å²) >= 11 is 0. The Morgan fingerprint density at radius 2 is 2.20 bits per heavy atom. The normalized spacial score (nSPS) is 19.9. The van der Waals surface area contributed by atoms with Crippen LogP contribution in [0.5, 0.6) is 0 Å². The maximum atomic E-state index is 11.4. The van der Waals surface area contributed by atoms with Gasteiger partial charge in [0.2, 0.25) is 5.91 Å². The lowest BCUT2D eigenvalue weighted by atomic mass is 9.93. The molecule has 1 heterocycles. The molecular formula is C11H22N2O2. The van der Waals surface area contributed by atoms with E-state index >= 15 is 0 Å². The minimum absolute atomic E-state index is 0.0130. The van der Waals surface area contributed by atoms with Crippen molar-refractivity contribution < 1.29 is 9.90 Å². The number of carbonyl (C=O) groups excluding carboxylic acids is 1. The molecule has 4 heteroatoms. The third-order valence-electron chi connectivity index (χ3n) is 2.92. The molecule has 1 aliphatic heterocycles. The van der Waals surface area contributed by atoms with Crippen LogP contribution in [0.25, 0.3) is 0 Å². The number of hydrogen-bond donors (Lipinski definition) is 3. The van der Waals surface area contributed by atoms with Crippen molar-refractivity contribution in [3.05, 3.63) is 0 Å². The van der Waals surface area contributed by atoms with E-state index < -0.39 is 0 Å². The van der Waals surface area contributed by atoms with Crippen molar-refractivity contribution in [3.8, 4) is 0 Å². The zero-order chi connectivity index (χ0) is 11.1. The fourth-order valence-electron chi connectivity index (χ4n) is 1.90. The Balaban J connectivity index is 2.10. The Morgan fingerprint density at radius 1 is 1.53 bits per heavy atom. The monoisotopic (exact) mass is 214 g/mol. The summed E-state index contributed by atoms with van der Waals surface area (Å²) in [5.41, 5.74) is 0. The summed E-state index contributed by atoms with van der Waals surface area (Å²) in [6, 6.07) is -0.120. The summed E-state index contributed by atoms with van der Waals surface area (Å²) in [7, 11) is 0. The van der Waals surface area contributed by atoms with Crippen LogP contribution in [0, 0.1) is 5.92 Å². The molecule has 1 saturated heterocycles. The highest BCUT2D eigenvalue weighted by Crippen LogP contribution is 2.17. The topological polar surface area (TPSA) is 61.4 Å². The van der Waals surface area contributed by atoms with E-state index in [-0.39, 0.29) is 18.6 Å². The fourth-order valence-corrected chi connectivity index (χ4v) is 1.90. The molecule has 0 bridgehead atoms. The molecule has 1 aliphatic rings. The van der Waals surface area contributed by atoms with Crippen LogP contribution in [-0.2, 0) is 4.79 Å². The summed E-state index contributed by atoms with van der Waals surface area (Å²) < 4.78 is 0. The molecule has 88 valence electrons. The Kier molecular flexibility index (Phi) is 5.65. The van der Waals surface area contributed by atoms with E-state index in [1.807, 2.05) is 6.92 Å². The summed E-state index contributed by atoms with van der Waals surface area (Å²) in [6.07, 6.45) is 3.94. The first-order valence-electron chi connectivity index (χ1n) is 5.83. The molecule has 4 nitrogen and oxygen atoms in total. The molecule has 0 radical (unpaired) electrons. The molecule has 0 saturated carbocycles. The molecule has 1 atom stereocenters. The van der Waals surface area contributed by atoms with E-state index in [1.165, 1.54) is 12.8 Å². The Bertz CT molecular complexity index is 191. The Labute approximate surface area is 91.4 Å². The molecule has 1 amide bonds. The van der Waals surface area contributed by atoms with Crippen LogP contribution in [0.2, 0.25) is 0 Å². The van der Waals surface area contributed by atoms with Crippen LogP contribution in [0.3, 0.4) is 0 Å². The van der Waals surface area contributed by atoms with Gasteiger partial charge in [0, 0.05) is 12.5 Å². The number of carbonyl (C=O) groups is 1. The van der Waals surface area contributed by atoms with Crippen LogP contribution in [-0.4, -0.2) is 36.8 Å². The lowest BCUT2D eigenvalue weighted by Gasteiger charge is -2.22. The van der Waals surface area contributed by atoms with E-state index in [4.69, 9.17) is 5.11 Å². The highest BCUT2D eigenvalue weighted by atomic mass is 16.3. The highest BCUT2D eigenvalue weighted by molar-refractivity contribution is 5.76. The second-order valence-corrected chi connectivity index (χ2v) is 4.38. The smallest absolute Gasteiger partial charge is 0.220 e. The first-order chi connectivity index (χ1) is 7.22. The van der Waals surface area contributed by atoms with Crippen LogP contribution in [0.4, 0.5) is 0 Å². The van der Waals surface area contributed by atoms with Gasteiger partial charge in [0.25, 0.3) is 0 Å². The van der Waals surface area contributed by atoms with Crippen LogP contribution >= 0.6 is 0 Å². The average molecular weight is 214 g/mol. The van der Waals surface area contributed by atoms with Crippen molar-refractivity contribution >= 4 is 5.91 Å². The van der Waals surface area contributed by atoms with Crippen molar-refractivity contribution in [3.63, 3.8) is 0 Å². The largest absolute Gasteiger partial charge is 0.394 e. The number of piperidine rings is 1. The molecule has 15 heavy (non-hydrogen) atoms. The number of hydrogen-bond acceptors (Lipinski definition) is 3. The molecule has 0 aliphatic carbocycles. The van der Waals surface area contributed by atoms with Gasteiger partial charge in [-0.15, -0.1) is 0 Å². The molecule has 0 aromatic heterocycles. The second kappa shape index (κ2) is 6.80. The van der Waals surface area contributed by atoms with Gasteiger partial charge in [0.15, 0.2) is 0 Å². The molecule has 0 unspecified atom stereocenters. The van der Waals surface area contributed by atoms with E-state index in [0.717, 1.165) is 19.5 Å². The minimum atomic E-state index is -0.120. The van der Waals surface area contributed by atoms with Gasteiger partial charge >= 0.3 is 0 Å². The lowest BCUT2D eigenvalue weighted by Crippen LogP contribution is -2.35. The number of aliphatic hydroxyl groups is 1. The quantitative estimate of drug-likeness (QED) is 0.615. The number of amides is 1. The molecular weight excluding hydrogens is 192 g/mol. The highest BCUT2D eigenvalue weighted by Gasteiger charge is 2.14. The average Bonchev–Trinajstić information content (AvgIpc) is 2.27. The number of rotatable bonds is 5. The maximum absolute atomic E-state index is 11.4. The van der Waals surface area contributed by atoms with Crippen molar-refractivity contribution in [1.82, 2.24) is 10.6 Å². The molecule has 0 spiro atoms. The third kappa shape index (κ3) is 5.14. The number of aliphatic hydroxyl groups excluding tert-OH is 1. The molecule has 1 fully saturated rings. The van der Waals surface area contributed by atoms with Crippen LogP contribution in [0.1, 0.15) is 32.6 Å². The van der Waals surface area contributed by atoms with E-state index in [0.29, 0.717) is 12.3 Å². The Morgan fingerprint density at radius 3 is 2.80 bits per heavy atom. The standard InChI is InChI=1S/C11H22N2O2/c1-9(8-14)13-11(15)3-2-10-4-6-12-7-5-10/h9-10,12,14H,2-8H2,1H3,(H,13,15)/t9-/m0/s1.